The summed E-state index contributed by atoms with van der Waals surface area (Å²) in [6.45, 7) is 9.11. The molecule has 1 aromatic rings. The Morgan fingerprint density at radius 2 is 2.11 bits per heavy atom. The van der Waals surface area contributed by atoms with Crippen molar-refractivity contribution in [1.82, 2.24) is 0 Å². The summed E-state index contributed by atoms with van der Waals surface area (Å²) in [4.78, 5) is 0. The number of benzene rings is 1. The van der Waals surface area contributed by atoms with E-state index in [1.54, 1.807) is 7.11 Å². The van der Waals surface area contributed by atoms with Gasteiger partial charge in [0, 0.05) is 5.56 Å². The first-order valence-corrected chi connectivity index (χ1v) is 7.17. The molecule has 1 aromatic carbocycles. The van der Waals surface area contributed by atoms with Crippen LogP contribution in [0, 0.1) is 5.92 Å². The van der Waals surface area contributed by atoms with Crippen molar-refractivity contribution >= 4 is 5.76 Å². The lowest BCUT2D eigenvalue weighted by molar-refractivity contribution is 0.233. The second-order valence-electron chi connectivity index (χ2n) is 4.88. The summed E-state index contributed by atoms with van der Waals surface area (Å²) in [6, 6.07) is 7.92. The van der Waals surface area contributed by atoms with E-state index in [9.17, 15) is 0 Å². The van der Waals surface area contributed by atoms with Crippen LogP contribution >= 0.6 is 0 Å². The van der Waals surface area contributed by atoms with Gasteiger partial charge in [0.25, 0.3) is 0 Å². The van der Waals surface area contributed by atoms with Crippen LogP contribution in [0.1, 0.15) is 45.1 Å². The molecule has 1 rings (SSSR count). The number of unbranched alkanes of at least 4 members (excludes halogenated alkanes) is 1. The monoisotopic (exact) mass is 262 g/mol. The van der Waals surface area contributed by atoms with Crippen LogP contribution in [0.25, 0.3) is 5.76 Å². The van der Waals surface area contributed by atoms with E-state index in [-0.39, 0.29) is 0 Å². The Labute approximate surface area is 117 Å². The summed E-state index contributed by atoms with van der Waals surface area (Å²) < 4.78 is 11.0. The third-order valence-corrected chi connectivity index (χ3v) is 3.43. The molecule has 0 heterocycles. The first kappa shape index (κ1) is 15.6. The van der Waals surface area contributed by atoms with Crippen molar-refractivity contribution in [3.05, 3.63) is 36.4 Å². The molecule has 2 nitrogen and oxygen atoms in total. The molecule has 19 heavy (non-hydrogen) atoms. The molecule has 0 aliphatic heterocycles. The summed E-state index contributed by atoms with van der Waals surface area (Å²) in [7, 11) is 1.63. The molecule has 0 unspecified atom stereocenters. The zero-order valence-corrected chi connectivity index (χ0v) is 12.4. The van der Waals surface area contributed by atoms with E-state index in [0.717, 1.165) is 17.9 Å². The van der Waals surface area contributed by atoms with E-state index in [2.05, 4.69) is 20.4 Å². The fraction of sp³-hybridized carbons (Fsp3) is 0.529. The fourth-order valence-electron chi connectivity index (χ4n) is 1.99. The molecule has 0 N–H and O–H groups in total. The molecular weight excluding hydrogens is 236 g/mol. The molecule has 0 saturated heterocycles. The van der Waals surface area contributed by atoms with Gasteiger partial charge in [0.2, 0.25) is 0 Å². The van der Waals surface area contributed by atoms with Crippen LogP contribution in [0.3, 0.4) is 0 Å². The Morgan fingerprint density at radius 3 is 2.74 bits per heavy atom. The second kappa shape index (κ2) is 8.63. The zero-order chi connectivity index (χ0) is 14.1. The van der Waals surface area contributed by atoms with Crippen molar-refractivity contribution < 1.29 is 9.47 Å². The Hall–Kier alpha value is -1.44. The summed E-state index contributed by atoms with van der Waals surface area (Å²) in [5.74, 6) is 2.21. The predicted octanol–water partition coefficient (Wildman–Crippen LogP) is 4.90. The minimum absolute atomic E-state index is 0.647. The SMILES string of the molecule is C=C(OC)c1cccc(OC[C@@H](CC)CCCC)c1. The minimum Gasteiger partial charge on any atom is -0.497 e. The molecule has 0 spiro atoms. The molecule has 0 radical (unpaired) electrons. The number of ether oxygens (including phenoxy) is 2. The van der Waals surface area contributed by atoms with Crippen molar-refractivity contribution in [2.45, 2.75) is 39.5 Å². The largest absolute Gasteiger partial charge is 0.497 e. The van der Waals surface area contributed by atoms with Crippen molar-refractivity contribution in [2.24, 2.45) is 5.92 Å². The van der Waals surface area contributed by atoms with Crippen molar-refractivity contribution in [1.29, 1.82) is 0 Å². The fourth-order valence-corrected chi connectivity index (χ4v) is 1.99. The van der Waals surface area contributed by atoms with Gasteiger partial charge in [0.1, 0.15) is 11.5 Å². The quantitative estimate of drug-likeness (QED) is 0.589. The molecule has 0 aliphatic carbocycles. The highest BCUT2D eigenvalue weighted by Crippen LogP contribution is 2.21. The average Bonchev–Trinajstić information content (AvgIpc) is 2.47. The van der Waals surface area contributed by atoms with Crippen LogP contribution in [0.5, 0.6) is 5.75 Å². The Morgan fingerprint density at radius 1 is 1.32 bits per heavy atom. The molecule has 0 bridgehead atoms. The normalized spacial score (nSPS) is 11.9. The van der Waals surface area contributed by atoms with Gasteiger partial charge >= 0.3 is 0 Å². The van der Waals surface area contributed by atoms with Gasteiger partial charge < -0.3 is 9.47 Å². The third kappa shape index (κ3) is 5.37. The van der Waals surface area contributed by atoms with Gasteiger partial charge in [0.15, 0.2) is 0 Å². The lowest BCUT2D eigenvalue weighted by Crippen LogP contribution is -2.11. The van der Waals surface area contributed by atoms with Gasteiger partial charge in [-0.05, 0) is 24.5 Å². The smallest absolute Gasteiger partial charge is 0.120 e. The van der Waals surface area contributed by atoms with Gasteiger partial charge in [-0.3, -0.25) is 0 Å². The van der Waals surface area contributed by atoms with Crippen molar-refractivity contribution in [3.8, 4) is 5.75 Å². The molecule has 0 saturated carbocycles. The molecule has 1 atom stereocenters. The second-order valence-corrected chi connectivity index (χ2v) is 4.88. The van der Waals surface area contributed by atoms with Gasteiger partial charge in [0.05, 0.1) is 13.7 Å². The van der Waals surface area contributed by atoms with Gasteiger partial charge in [-0.2, -0.15) is 0 Å². The number of rotatable bonds is 9. The Bertz CT molecular complexity index is 385. The van der Waals surface area contributed by atoms with Crippen LogP contribution in [0.15, 0.2) is 30.8 Å². The summed E-state index contributed by atoms with van der Waals surface area (Å²) in [6.07, 6.45) is 4.95. The molecule has 0 fully saturated rings. The topological polar surface area (TPSA) is 18.5 Å². The summed E-state index contributed by atoms with van der Waals surface area (Å²) >= 11 is 0. The Balaban J connectivity index is 2.54. The molecule has 2 heteroatoms. The third-order valence-electron chi connectivity index (χ3n) is 3.43. The van der Waals surface area contributed by atoms with Crippen LogP contribution in [-0.4, -0.2) is 13.7 Å². The van der Waals surface area contributed by atoms with Gasteiger partial charge in [-0.15, -0.1) is 0 Å². The van der Waals surface area contributed by atoms with E-state index in [0.29, 0.717) is 11.7 Å². The average molecular weight is 262 g/mol. The first-order valence-electron chi connectivity index (χ1n) is 7.17. The molecule has 0 amide bonds. The minimum atomic E-state index is 0.647. The lowest BCUT2D eigenvalue weighted by atomic mass is 10.0. The zero-order valence-electron chi connectivity index (χ0n) is 12.4. The highest BCUT2D eigenvalue weighted by Gasteiger charge is 2.07. The van der Waals surface area contributed by atoms with E-state index >= 15 is 0 Å². The predicted molar refractivity (Wildman–Crippen MR) is 81.3 cm³/mol. The van der Waals surface area contributed by atoms with E-state index in [4.69, 9.17) is 9.47 Å². The molecular formula is C17H26O2. The summed E-state index contributed by atoms with van der Waals surface area (Å²) in [5.41, 5.74) is 0.974. The molecule has 106 valence electrons. The first-order chi connectivity index (χ1) is 9.21. The maximum atomic E-state index is 5.89. The Kier molecular flexibility index (Phi) is 7.09. The summed E-state index contributed by atoms with van der Waals surface area (Å²) in [5, 5.41) is 0. The van der Waals surface area contributed by atoms with Crippen molar-refractivity contribution in [2.75, 3.05) is 13.7 Å². The van der Waals surface area contributed by atoms with Crippen molar-refractivity contribution in [3.63, 3.8) is 0 Å². The number of methoxy groups -OCH3 is 1. The number of hydrogen-bond acceptors (Lipinski definition) is 2. The van der Waals surface area contributed by atoms with Crippen LogP contribution < -0.4 is 4.74 Å². The van der Waals surface area contributed by atoms with Crippen LogP contribution in [-0.2, 0) is 4.74 Å². The van der Waals surface area contributed by atoms with E-state index < -0.39 is 0 Å². The number of hydrogen-bond donors (Lipinski definition) is 0. The molecule has 0 aromatic heterocycles. The maximum absolute atomic E-state index is 5.89. The standard InChI is InChI=1S/C17H26O2/c1-5-7-9-15(6-2)13-19-17-11-8-10-16(12-17)14(3)18-4/h8,10-12,15H,3,5-7,9,13H2,1-2,4H3/t15-/m0/s1. The highest BCUT2D eigenvalue weighted by molar-refractivity contribution is 5.58. The van der Waals surface area contributed by atoms with E-state index in [1.807, 2.05) is 24.3 Å². The lowest BCUT2D eigenvalue weighted by Gasteiger charge is -2.16. The van der Waals surface area contributed by atoms with Crippen LogP contribution in [0.4, 0.5) is 0 Å². The van der Waals surface area contributed by atoms with Gasteiger partial charge in [-0.1, -0.05) is 51.8 Å². The highest BCUT2D eigenvalue weighted by atomic mass is 16.5. The van der Waals surface area contributed by atoms with Gasteiger partial charge in [-0.25, -0.2) is 0 Å². The van der Waals surface area contributed by atoms with Crippen LogP contribution in [0.2, 0.25) is 0 Å². The molecule has 0 aliphatic rings. The maximum Gasteiger partial charge on any atom is 0.120 e. The van der Waals surface area contributed by atoms with E-state index in [1.165, 1.54) is 25.7 Å².